The van der Waals surface area contributed by atoms with Crippen LogP contribution in [0.15, 0.2) is 28.7 Å². The monoisotopic (exact) mass is 282 g/mol. The first-order chi connectivity index (χ1) is 7.60. The number of anilines is 1. The maximum Gasteiger partial charge on any atom is 0.244 e. The molecule has 0 aromatic heterocycles. The van der Waals surface area contributed by atoms with Crippen LogP contribution in [0.1, 0.15) is 25.7 Å². The SMILES string of the molecule is NC1(C(=O)Nc2ccc(Br)cc2)CCCC1. The first kappa shape index (κ1) is 11.6. The van der Waals surface area contributed by atoms with E-state index in [1.165, 1.54) is 0 Å². The van der Waals surface area contributed by atoms with Gasteiger partial charge < -0.3 is 11.1 Å². The molecule has 0 bridgehead atoms. The van der Waals surface area contributed by atoms with Gasteiger partial charge in [0.2, 0.25) is 5.91 Å². The van der Waals surface area contributed by atoms with Gasteiger partial charge in [-0.15, -0.1) is 0 Å². The summed E-state index contributed by atoms with van der Waals surface area (Å²) in [6.07, 6.45) is 3.67. The number of amides is 1. The number of hydrogen-bond donors (Lipinski definition) is 2. The van der Waals surface area contributed by atoms with Crippen molar-refractivity contribution in [1.29, 1.82) is 0 Å². The lowest BCUT2D eigenvalue weighted by molar-refractivity contribution is -0.121. The zero-order valence-corrected chi connectivity index (χ0v) is 10.6. The number of nitrogens with two attached hydrogens (primary N) is 1. The molecule has 0 spiro atoms. The Morgan fingerprint density at radius 1 is 1.25 bits per heavy atom. The predicted molar refractivity (Wildman–Crippen MR) is 68.2 cm³/mol. The van der Waals surface area contributed by atoms with E-state index in [4.69, 9.17) is 5.73 Å². The molecule has 1 amide bonds. The second-order valence-corrected chi connectivity index (χ2v) is 5.24. The van der Waals surface area contributed by atoms with Crippen LogP contribution in [0.2, 0.25) is 0 Å². The lowest BCUT2D eigenvalue weighted by Gasteiger charge is -2.22. The second kappa shape index (κ2) is 4.55. The molecular formula is C12H15BrN2O. The van der Waals surface area contributed by atoms with Gasteiger partial charge in [-0.3, -0.25) is 4.79 Å². The van der Waals surface area contributed by atoms with E-state index in [1.54, 1.807) is 0 Å². The van der Waals surface area contributed by atoms with E-state index in [2.05, 4.69) is 21.2 Å². The number of halogens is 1. The highest BCUT2D eigenvalue weighted by Crippen LogP contribution is 2.28. The molecule has 0 aliphatic heterocycles. The van der Waals surface area contributed by atoms with Gasteiger partial charge in [0, 0.05) is 10.2 Å². The molecule has 1 fully saturated rings. The van der Waals surface area contributed by atoms with Gasteiger partial charge in [0.25, 0.3) is 0 Å². The summed E-state index contributed by atoms with van der Waals surface area (Å²) in [6.45, 7) is 0. The van der Waals surface area contributed by atoms with Crippen LogP contribution in [0, 0.1) is 0 Å². The first-order valence-corrected chi connectivity index (χ1v) is 6.25. The van der Waals surface area contributed by atoms with Crippen molar-refractivity contribution < 1.29 is 4.79 Å². The van der Waals surface area contributed by atoms with Crippen LogP contribution in [-0.4, -0.2) is 11.4 Å². The highest BCUT2D eigenvalue weighted by atomic mass is 79.9. The zero-order chi connectivity index (χ0) is 11.6. The molecule has 0 atom stereocenters. The van der Waals surface area contributed by atoms with Gasteiger partial charge in [-0.2, -0.15) is 0 Å². The molecule has 1 aromatic rings. The molecular weight excluding hydrogens is 268 g/mol. The normalized spacial score (nSPS) is 18.4. The summed E-state index contributed by atoms with van der Waals surface area (Å²) in [7, 11) is 0. The molecule has 0 radical (unpaired) electrons. The van der Waals surface area contributed by atoms with Gasteiger partial charge in [-0.05, 0) is 37.1 Å². The molecule has 3 N–H and O–H groups in total. The summed E-state index contributed by atoms with van der Waals surface area (Å²) in [5.74, 6) is -0.0627. The smallest absolute Gasteiger partial charge is 0.244 e. The van der Waals surface area contributed by atoms with Gasteiger partial charge in [0.05, 0.1) is 5.54 Å². The van der Waals surface area contributed by atoms with E-state index >= 15 is 0 Å². The topological polar surface area (TPSA) is 55.1 Å². The van der Waals surface area contributed by atoms with Crippen molar-refractivity contribution in [3.8, 4) is 0 Å². The average Bonchev–Trinajstić information content (AvgIpc) is 2.70. The summed E-state index contributed by atoms with van der Waals surface area (Å²) in [5, 5.41) is 2.87. The molecule has 1 aliphatic carbocycles. The standard InChI is InChI=1S/C12H15BrN2O/c13-9-3-5-10(6-4-9)15-11(16)12(14)7-1-2-8-12/h3-6H,1-2,7-8,14H2,(H,15,16). The van der Waals surface area contributed by atoms with Gasteiger partial charge in [-0.1, -0.05) is 28.8 Å². The summed E-state index contributed by atoms with van der Waals surface area (Å²) in [5.41, 5.74) is 6.20. The maximum absolute atomic E-state index is 12.0. The summed E-state index contributed by atoms with van der Waals surface area (Å²) < 4.78 is 0.994. The predicted octanol–water partition coefficient (Wildman–Crippen LogP) is 2.66. The highest BCUT2D eigenvalue weighted by Gasteiger charge is 2.36. The minimum Gasteiger partial charge on any atom is -0.324 e. The summed E-state index contributed by atoms with van der Waals surface area (Å²) in [6, 6.07) is 7.52. The number of hydrogen-bond acceptors (Lipinski definition) is 2. The molecule has 2 rings (SSSR count). The number of benzene rings is 1. The number of rotatable bonds is 2. The van der Waals surface area contributed by atoms with E-state index in [-0.39, 0.29) is 5.91 Å². The third-order valence-corrected chi connectivity index (χ3v) is 3.58. The fourth-order valence-corrected chi connectivity index (χ4v) is 2.29. The minimum absolute atomic E-state index is 0.0627. The highest BCUT2D eigenvalue weighted by molar-refractivity contribution is 9.10. The fourth-order valence-electron chi connectivity index (χ4n) is 2.02. The molecule has 0 heterocycles. The summed E-state index contributed by atoms with van der Waals surface area (Å²) >= 11 is 3.35. The van der Waals surface area contributed by atoms with Crippen LogP contribution in [0.3, 0.4) is 0 Å². The number of carbonyl (C=O) groups is 1. The Balaban J connectivity index is 2.04. The number of carbonyl (C=O) groups excluding carboxylic acids is 1. The Morgan fingerprint density at radius 2 is 1.81 bits per heavy atom. The molecule has 4 heteroatoms. The molecule has 0 unspecified atom stereocenters. The average molecular weight is 283 g/mol. The summed E-state index contributed by atoms with van der Waals surface area (Å²) in [4.78, 5) is 12.0. The van der Waals surface area contributed by atoms with E-state index in [1.807, 2.05) is 24.3 Å². The van der Waals surface area contributed by atoms with Crippen LogP contribution in [-0.2, 0) is 4.79 Å². The van der Waals surface area contributed by atoms with Crippen LogP contribution < -0.4 is 11.1 Å². The first-order valence-electron chi connectivity index (χ1n) is 5.46. The molecule has 1 aromatic carbocycles. The van der Waals surface area contributed by atoms with E-state index < -0.39 is 5.54 Å². The molecule has 1 aliphatic rings. The van der Waals surface area contributed by atoms with E-state index in [9.17, 15) is 4.79 Å². The molecule has 16 heavy (non-hydrogen) atoms. The van der Waals surface area contributed by atoms with Crippen LogP contribution in [0.4, 0.5) is 5.69 Å². The fraction of sp³-hybridized carbons (Fsp3) is 0.417. The molecule has 86 valence electrons. The van der Waals surface area contributed by atoms with Crippen molar-refractivity contribution in [2.24, 2.45) is 5.73 Å². The lowest BCUT2D eigenvalue weighted by Crippen LogP contribution is -2.48. The van der Waals surface area contributed by atoms with Crippen LogP contribution in [0.25, 0.3) is 0 Å². The largest absolute Gasteiger partial charge is 0.324 e. The van der Waals surface area contributed by atoms with Gasteiger partial charge in [0.1, 0.15) is 0 Å². The van der Waals surface area contributed by atoms with E-state index in [0.29, 0.717) is 0 Å². The Morgan fingerprint density at radius 3 is 2.38 bits per heavy atom. The van der Waals surface area contributed by atoms with Crippen LogP contribution >= 0.6 is 15.9 Å². The van der Waals surface area contributed by atoms with Crippen molar-refractivity contribution in [2.45, 2.75) is 31.2 Å². The van der Waals surface area contributed by atoms with Gasteiger partial charge in [0.15, 0.2) is 0 Å². The van der Waals surface area contributed by atoms with Crippen molar-refractivity contribution >= 4 is 27.5 Å². The van der Waals surface area contributed by atoms with Crippen molar-refractivity contribution in [3.63, 3.8) is 0 Å². The molecule has 0 saturated heterocycles. The van der Waals surface area contributed by atoms with Crippen LogP contribution in [0.5, 0.6) is 0 Å². The lowest BCUT2D eigenvalue weighted by atomic mass is 9.98. The Labute approximate surface area is 104 Å². The Hall–Kier alpha value is -0.870. The Bertz CT molecular complexity index is 383. The van der Waals surface area contributed by atoms with E-state index in [0.717, 1.165) is 35.8 Å². The van der Waals surface area contributed by atoms with Crippen molar-refractivity contribution in [3.05, 3.63) is 28.7 Å². The second-order valence-electron chi connectivity index (χ2n) is 4.32. The van der Waals surface area contributed by atoms with Crippen molar-refractivity contribution in [2.75, 3.05) is 5.32 Å². The molecule has 1 saturated carbocycles. The van der Waals surface area contributed by atoms with Gasteiger partial charge in [-0.25, -0.2) is 0 Å². The number of nitrogens with one attached hydrogen (secondary N) is 1. The third-order valence-electron chi connectivity index (χ3n) is 3.05. The maximum atomic E-state index is 12.0. The van der Waals surface area contributed by atoms with Gasteiger partial charge >= 0.3 is 0 Å². The van der Waals surface area contributed by atoms with Crippen molar-refractivity contribution in [1.82, 2.24) is 0 Å². The molecule has 3 nitrogen and oxygen atoms in total. The zero-order valence-electron chi connectivity index (χ0n) is 9.00. The third kappa shape index (κ3) is 2.44. The quantitative estimate of drug-likeness (QED) is 0.876. The Kier molecular flexibility index (Phi) is 3.30. The minimum atomic E-state index is -0.660.